The summed E-state index contributed by atoms with van der Waals surface area (Å²) >= 11 is 0. The van der Waals surface area contributed by atoms with Crippen molar-refractivity contribution in [3.63, 3.8) is 0 Å². The van der Waals surface area contributed by atoms with E-state index in [0.29, 0.717) is 18.6 Å². The zero-order chi connectivity index (χ0) is 14.8. The van der Waals surface area contributed by atoms with Crippen LogP contribution < -0.4 is 5.73 Å². The first-order valence-corrected chi connectivity index (χ1v) is 8.02. The Hall–Kier alpha value is -1.45. The number of piperidine rings is 1. The van der Waals surface area contributed by atoms with Crippen LogP contribution in [0.4, 0.5) is 0 Å². The maximum atomic E-state index is 6.11. The predicted octanol–water partition coefficient (Wildman–Crippen LogP) is 3.42. The quantitative estimate of drug-likeness (QED) is 0.938. The summed E-state index contributed by atoms with van der Waals surface area (Å²) in [6, 6.07) is 11.8. The zero-order valence-electron chi connectivity index (χ0n) is 13.0. The largest absolute Gasteiger partial charge is 0.329 e. The number of rotatable bonds is 3. The van der Waals surface area contributed by atoms with E-state index in [0.717, 1.165) is 17.8 Å². The van der Waals surface area contributed by atoms with Crippen LogP contribution in [-0.2, 0) is 0 Å². The molecule has 3 rings (SSSR count). The molecule has 21 heavy (non-hydrogen) atoms. The summed E-state index contributed by atoms with van der Waals surface area (Å²) in [5, 5.41) is 1.21. The van der Waals surface area contributed by atoms with Gasteiger partial charge in [0, 0.05) is 29.7 Å². The minimum atomic E-state index is 0.325. The number of fused-ring (bicyclic) bond motifs is 1. The standard InChI is InChI=1S/C18H25N3/c1-13-6-7-15-11-16(8-9-17(15)20-13)18(12-19)21-10-4-3-5-14(21)2/h6-9,11,14,18H,3-5,10,12,19H2,1-2H3. The molecule has 1 aliphatic heterocycles. The van der Waals surface area contributed by atoms with Crippen LogP contribution >= 0.6 is 0 Å². The number of benzene rings is 1. The maximum absolute atomic E-state index is 6.11. The Bertz CT molecular complexity index is 623. The van der Waals surface area contributed by atoms with E-state index in [9.17, 15) is 0 Å². The molecule has 1 aromatic heterocycles. The van der Waals surface area contributed by atoms with Crippen LogP contribution in [0.5, 0.6) is 0 Å². The lowest BCUT2D eigenvalue weighted by Gasteiger charge is -2.39. The number of nitrogens with two attached hydrogens (primary N) is 1. The number of pyridine rings is 1. The van der Waals surface area contributed by atoms with Crippen molar-refractivity contribution in [2.45, 2.75) is 45.2 Å². The number of aromatic nitrogens is 1. The summed E-state index contributed by atoms with van der Waals surface area (Å²) in [7, 11) is 0. The summed E-state index contributed by atoms with van der Waals surface area (Å²) in [5.74, 6) is 0. The first kappa shape index (κ1) is 14.5. The normalized spacial score (nSPS) is 21.6. The van der Waals surface area contributed by atoms with Gasteiger partial charge < -0.3 is 5.73 Å². The van der Waals surface area contributed by atoms with Gasteiger partial charge >= 0.3 is 0 Å². The second-order valence-electron chi connectivity index (χ2n) is 6.24. The van der Waals surface area contributed by atoms with Gasteiger partial charge in [-0.25, -0.2) is 0 Å². The van der Waals surface area contributed by atoms with Crippen LogP contribution in [-0.4, -0.2) is 29.0 Å². The van der Waals surface area contributed by atoms with Gasteiger partial charge in [0.25, 0.3) is 0 Å². The molecule has 0 bridgehead atoms. The highest BCUT2D eigenvalue weighted by atomic mass is 15.2. The number of aryl methyl sites for hydroxylation is 1. The van der Waals surface area contributed by atoms with Gasteiger partial charge in [0.1, 0.15) is 0 Å². The van der Waals surface area contributed by atoms with Crippen molar-refractivity contribution in [2.75, 3.05) is 13.1 Å². The van der Waals surface area contributed by atoms with Crippen LogP contribution in [0.15, 0.2) is 30.3 Å². The smallest absolute Gasteiger partial charge is 0.0705 e. The topological polar surface area (TPSA) is 42.1 Å². The molecule has 1 fully saturated rings. The lowest BCUT2D eigenvalue weighted by atomic mass is 9.96. The molecule has 2 aromatic rings. The molecule has 0 aliphatic carbocycles. The fraction of sp³-hybridized carbons (Fsp3) is 0.500. The van der Waals surface area contributed by atoms with Gasteiger partial charge in [-0.3, -0.25) is 9.88 Å². The molecule has 0 saturated carbocycles. The van der Waals surface area contributed by atoms with Crippen LogP contribution in [0, 0.1) is 6.92 Å². The van der Waals surface area contributed by atoms with E-state index in [1.54, 1.807) is 0 Å². The highest BCUT2D eigenvalue weighted by Gasteiger charge is 2.26. The number of hydrogen-bond acceptors (Lipinski definition) is 3. The van der Waals surface area contributed by atoms with Gasteiger partial charge in [-0.2, -0.15) is 0 Å². The second kappa shape index (κ2) is 6.12. The molecule has 2 unspecified atom stereocenters. The van der Waals surface area contributed by atoms with E-state index >= 15 is 0 Å². The molecule has 2 N–H and O–H groups in total. The van der Waals surface area contributed by atoms with Crippen LogP contribution in [0.1, 0.15) is 43.5 Å². The van der Waals surface area contributed by atoms with E-state index < -0.39 is 0 Å². The van der Waals surface area contributed by atoms with Crippen molar-refractivity contribution in [3.05, 3.63) is 41.6 Å². The molecule has 1 aromatic carbocycles. The Labute approximate surface area is 127 Å². The van der Waals surface area contributed by atoms with Gasteiger partial charge in [-0.1, -0.05) is 18.6 Å². The van der Waals surface area contributed by atoms with E-state index in [1.165, 1.54) is 30.2 Å². The van der Waals surface area contributed by atoms with Gasteiger partial charge in [0.15, 0.2) is 0 Å². The van der Waals surface area contributed by atoms with Gasteiger partial charge in [0.05, 0.1) is 5.52 Å². The lowest BCUT2D eigenvalue weighted by Crippen LogP contribution is -2.43. The summed E-state index contributed by atoms with van der Waals surface area (Å²) in [6.07, 6.45) is 3.91. The lowest BCUT2D eigenvalue weighted by molar-refractivity contribution is 0.109. The second-order valence-corrected chi connectivity index (χ2v) is 6.24. The molecular formula is C18H25N3. The molecule has 112 valence electrons. The molecule has 0 radical (unpaired) electrons. The highest BCUT2D eigenvalue weighted by Crippen LogP contribution is 2.29. The molecule has 3 nitrogen and oxygen atoms in total. The van der Waals surface area contributed by atoms with Gasteiger partial charge in [-0.05, 0) is 57.0 Å². The minimum absolute atomic E-state index is 0.325. The summed E-state index contributed by atoms with van der Waals surface area (Å²) in [5.41, 5.74) is 9.57. The fourth-order valence-electron chi connectivity index (χ4n) is 3.50. The fourth-order valence-corrected chi connectivity index (χ4v) is 3.50. The molecule has 0 amide bonds. The van der Waals surface area contributed by atoms with Crippen LogP contribution in [0.2, 0.25) is 0 Å². The van der Waals surface area contributed by atoms with E-state index in [2.05, 4.69) is 47.1 Å². The molecule has 1 aliphatic rings. The zero-order valence-corrected chi connectivity index (χ0v) is 13.0. The molecule has 1 saturated heterocycles. The van der Waals surface area contributed by atoms with Gasteiger partial charge in [0.2, 0.25) is 0 Å². The Balaban J connectivity index is 1.94. The third kappa shape index (κ3) is 2.94. The first-order valence-electron chi connectivity index (χ1n) is 8.02. The van der Waals surface area contributed by atoms with Crippen molar-refractivity contribution in [2.24, 2.45) is 5.73 Å². The van der Waals surface area contributed by atoms with Crippen molar-refractivity contribution in [1.82, 2.24) is 9.88 Å². The average Bonchev–Trinajstić information content (AvgIpc) is 2.50. The third-order valence-electron chi connectivity index (χ3n) is 4.72. The van der Waals surface area contributed by atoms with Crippen LogP contribution in [0.25, 0.3) is 10.9 Å². The first-order chi connectivity index (χ1) is 10.2. The predicted molar refractivity (Wildman–Crippen MR) is 88.3 cm³/mol. The van der Waals surface area contributed by atoms with E-state index in [1.807, 2.05) is 6.92 Å². The third-order valence-corrected chi connectivity index (χ3v) is 4.72. The summed E-state index contributed by atoms with van der Waals surface area (Å²) < 4.78 is 0. The monoisotopic (exact) mass is 283 g/mol. The molecule has 2 heterocycles. The van der Waals surface area contributed by atoms with Gasteiger partial charge in [-0.15, -0.1) is 0 Å². The molecular weight excluding hydrogens is 258 g/mol. The van der Waals surface area contributed by atoms with Crippen molar-refractivity contribution >= 4 is 10.9 Å². The SMILES string of the molecule is Cc1ccc2cc(C(CN)N3CCCCC3C)ccc2n1. The summed E-state index contributed by atoms with van der Waals surface area (Å²) in [6.45, 7) is 6.20. The molecule has 3 heteroatoms. The van der Waals surface area contributed by atoms with Crippen molar-refractivity contribution in [1.29, 1.82) is 0 Å². The maximum Gasteiger partial charge on any atom is 0.0705 e. The van der Waals surface area contributed by atoms with Crippen LogP contribution in [0.3, 0.4) is 0 Å². The average molecular weight is 283 g/mol. The Morgan fingerprint density at radius 1 is 1.29 bits per heavy atom. The molecule has 0 spiro atoms. The minimum Gasteiger partial charge on any atom is -0.329 e. The summed E-state index contributed by atoms with van der Waals surface area (Å²) in [4.78, 5) is 7.16. The van der Waals surface area contributed by atoms with E-state index in [4.69, 9.17) is 5.73 Å². The van der Waals surface area contributed by atoms with E-state index in [-0.39, 0.29) is 0 Å². The Morgan fingerprint density at radius 2 is 2.14 bits per heavy atom. The number of likely N-dealkylation sites (tertiary alicyclic amines) is 1. The highest BCUT2D eigenvalue weighted by molar-refractivity contribution is 5.79. The van der Waals surface area contributed by atoms with Crippen molar-refractivity contribution in [3.8, 4) is 0 Å². The number of hydrogen-bond donors (Lipinski definition) is 1. The Morgan fingerprint density at radius 3 is 2.90 bits per heavy atom. The molecule has 2 atom stereocenters. The van der Waals surface area contributed by atoms with Crippen molar-refractivity contribution < 1.29 is 0 Å². The Kier molecular flexibility index (Phi) is 4.22. The number of nitrogens with zero attached hydrogens (tertiary/aromatic N) is 2.